The van der Waals surface area contributed by atoms with Crippen LogP contribution in [0.1, 0.15) is 12.8 Å². The lowest BCUT2D eigenvalue weighted by molar-refractivity contribution is -0.120. The number of nitrogens with one attached hydrogen (secondary N) is 1. The maximum atomic E-state index is 13.9. The summed E-state index contributed by atoms with van der Waals surface area (Å²) in [7, 11) is -4.21. The molecule has 0 spiro atoms. The third-order valence-electron chi connectivity index (χ3n) is 4.52. The van der Waals surface area contributed by atoms with E-state index in [-0.39, 0.29) is 36.9 Å². The molecule has 5 nitrogen and oxygen atoms in total. The molecule has 10 heteroatoms. The highest BCUT2D eigenvalue weighted by atomic mass is 35.5. The summed E-state index contributed by atoms with van der Waals surface area (Å²) in [6, 6.07) is 6.01. The number of hydrogen-bond donors (Lipinski definition) is 1. The van der Waals surface area contributed by atoms with E-state index in [2.05, 4.69) is 5.32 Å². The van der Waals surface area contributed by atoms with Crippen molar-refractivity contribution in [3.05, 3.63) is 58.9 Å². The molecule has 1 amide bonds. The van der Waals surface area contributed by atoms with E-state index in [0.717, 1.165) is 22.5 Å². The van der Waals surface area contributed by atoms with Crippen molar-refractivity contribution in [3.8, 4) is 0 Å². The van der Waals surface area contributed by atoms with Crippen molar-refractivity contribution >= 4 is 33.2 Å². The van der Waals surface area contributed by atoms with E-state index in [9.17, 15) is 26.4 Å². The Morgan fingerprint density at radius 3 is 2.32 bits per heavy atom. The molecule has 0 saturated carbocycles. The molecule has 0 unspecified atom stereocenters. The van der Waals surface area contributed by atoms with Crippen molar-refractivity contribution in [1.82, 2.24) is 4.31 Å². The molecule has 0 aromatic heterocycles. The molecule has 1 aliphatic rings. The maximum absolute atomic E-state index is 13.9. The highest BCUT2D eigenvalue weighted by Crippen LogP contribution is 2.27. The fourth-order valence-corrected chi connectivity index (χ4v) is 4.72. The van der Waals surface area contributed by atoms with E-state index in [1.54, 1.807) is 0 Å². The smallest absolute Gasteiger partial charge is 0.246 e. The molecule has 0 radical (unpaired) electrons. The first-order valence-electron chi connectivity index (χ1n) is 8.39. The van der Waals surface area contributed by atoms with Gasteiger partial charge in [0, 0.05) is 24.7 Å². The number of piperidine rings is 1. The van der Waals surface area contributed by atoms with Crippen LogP contribution in [0.5, 0.6) is 0 Å². The predicted molar refractivity (Wildman–Crippen MR) is 97.9 cm³/mol. The van der Waals surface area contributed by atoms with Crippen molar-refractivity contribution < 1.29 is 26.4 Å². The average molecular weight is 433 g/mol. The first-order valence-corrected chi connectivity index (χ1v) is 10.2. The van der Waals surface area contributed by atoms with Gasteiger partial charge >= 0.3 is 0 Å². The van der Waals surface area contributed by atoms with Crippen molar-refractivity contribution in [3.63, 3.8) is 0 Å². The number of hydrogen-bond acceptors (Lipinski definition) is 3. The molecule has 28 heavy (non-hydrogen) atoms. The average Bonchev–Trinajstić information content (AvgIpc) is 2.66. The zero-order valence-corrected chi connectivity index (χ0v) is 16.0. The molecule has 150 valence electrons. The van der Waals surface area contributed by atoms with Gasteiger partial charge in [-0.3, -0.25) is 4.79 Å². The predicted octanol–water partition coefficient (Wildman–Crippen LogP) is 3.80. The topological polar surface area (TPSA) is 66.5 Å². The second-order valence-electron chi connectivity index (χ2n) is 6.37. The summed E-state index contributed by atoms with van der Waals surface area (Å²) < 4.78 is 66.5. The van der Waals surface area contributed by atoms with Gasteiger partial charge in [-0.05, 0) is 49.2 Å². The number of rotatable bonds is 4. The van der Waals surface area contributed by atoms with Gasteiger partial charge in [-0.1, -0.05) is 11.6 Å². The number of anilines is 1. The van der Waals surface area contributed by atoms with Gasteiger partial charge in [0.1, 0.15) is 22.3 Å². The van der Waals surface area contributed by atoms with Crippen LogP contribution in [0.15, 0.2) is 41.3 Å². The molecule has 0 bridgehead atoms. The summed E-state index contributed by atoms with van der Waals surface area (Å²) in [5, 5.41) is 2.49. The van der Waals surface area contributed by atoms with Gasteiger partial charge in [-0.15, -0.1) is 0 Å². The zero-order chi connectivity index (χ0) is 20.5. The second-order valence-corrected chi connectivity index (χ2v) is 8.68. The monoisotopic (exact) mass is 432 g/mol. The standard InChI is InChI=1S/C18H16ClF3N2O3S/c19-14-10-13(2-4-15(14)21)23-18(25)11-5-7-24(8-6-11)28(26,27)17-9-12(20)1-3-16(17)22/h1-4,9-11H,5-8H2,(H,23,25). The van der Waals surface area contributed by atoms with Crippen LogP contribution >= 0.6 is 11.6 Å². The summed E-state index contributed by atoms with van der Waals surface area (Å²) in [4.78, 5) is 11.6. The van der Waals surface area contributed by atoms with Crippen LogP contribution in [-0.2, 0) is 14.8 Å². The summed E-state index contributed by atoms with van der Waals surface area (Å²) in [6.07, 6.45) is 0.411. The summed E-state index contributed by atoms with van der Waals surface area (Å²) in [6.45, 7) is -0.0267. The Kier molecular flexibility index (Phi) is 5.97. The number of benzene rings is 2. The normalized spacial score (nSPS) is 16.1. The molecule has 1 heterocycles. The van der Waals surface area contributed by atoms with Crippen molar-refractivity contribution in [2.24, 2.45) is 5.92 Å². The molecule has 3 rings (SSSR count). The van der Waals surface area contributed by atoms with Crippen molar-refractivity contribution in [2.45, 2.75) is 17.7 Å². The molecule has 1 aliphatic heterocycles. The van der Waals surface area contributed by atoms with Crippen LogP contribution in [0.25, 0.3) is 0 Å². The van der Waals surface area contributed by atoms with Crippen LogP contribution in [0.3, 0.4) is 0 Å². The van der Waals surface area contributed by atoms with Gasteiger partial charge in [0.15, 0.2) is 0 Å². The third kappa shape index (κ3) is 4.31. The van der Waals surface area contributed by atoms with Gasteiger partial charge in [0.05, 0.1) is 5.02 Å². The Bertz CT molecular complexity index is 1010. The highest BCUT2D eigenvalue weighted by Gasteiger charge is 2.33. The molecular weight excluding hydrogens is 417 g/mol. The van der Waals surface area contributed by atoms with E-state index in [4.69, 9.17) is 11.6 Å². The number of nitrogens with zero attached hydrogens (tertiary/aromatic N) is 1. The molecule has 1 fully saturated rings. The largest absolute Gasteiger partial charge is 0.326 e. The fraction of sp³-hybridized carbons (Fsp3) is 0.278. The van der Waals surface area contributed by atoms with Crippen LogP contribution < -0.4 is 5.32 Å². The van der Waals surface area contributed by atoms with Gasteiger partial charge in [0.2, 0.25) is 15.9 Å². The van der Waals surface area contributed by atoms with E-state index < -0.39 is 38.3 Å². The number of carbonyl (C=O) groups excluding carboxylic acids is 1. The van der Waals surface area contributed by atoms with Gasteiger partial charge < -0.3 is 5.32 Å². The lowest BCUT2D eigenvalue weighted by atomic mass is 9.97. The first kappa shape index (κ1) is 20.6. The van der Waals surface area contributed by atoms with Crippen LogP contribution in [-0.4, -0.2) is 31.7 Å². The molecule has 0 atom stereocenters. The summed E-state index contributed by atoms with van der Waals surface area (Å²) in [5.41, 5.74) is 0.327. The van der Waals surface area contributed by atoms with Gasteiger partial charge in [0.25, 0.3) is 0 Å². The summed E-state index contributed by atoms with van der Waals surface area (Å²) in [5.74, 6) is -3.33. The number of amides is 1. The maximum Gasteiger partial charge on any atom is 0.246 e. The molecule has 1 N–H and O–H groups in total. The van der Waals surface area contributed by atoms with E-state index in [1.807, 2.05) is 0 Å². The third-order valence-corrected chi connectivity index (χ3v) is 6.73. The van der Waals surface area contributed by atoms with Crippen molar-refractivity contribution in [1.29, 1.82) is 0 Å². The van der Waals surface area contributed by atoms with Crippen LogP contribution in [0, 0.1) is 23.4 Å². The molecule has 0 aliphatic carbocycles. The molecule has 2 aromatic carbocycles. The Balaban J connectivity index is 1.65. The van der Waals surface area contributed by atoms with E-state index in [1.165, 1.54) is 12.1 Å². The fourth-order valence-electron chi connectivity index (χ4n) is 2.99. The Labute approximate surface area is 165 Å². The quantitative estimate of drug-likeness (QED) is 0.799. The molecular formula is C18H16ClF3N2O3S. The number of carbonyl (C=O) groups is 1. The lowest BCUT2D eigenvalue weighted by Crippen LogP contribution is -2.41. The Morgan fingerprint density at radius 1 is 1.04 bits per heavy atom. The first-order chi connectivity index (χ1) is 13.2. The minimum Gasteiger partial charge on any atom is -0.326 e. The Morgan fingerprint density at radius 2 is 1.68 bits per heavy atom. The number of halogens is 4. The second kappa shape index (κ2) is 8.10. The van der Waals surface area contributed by atoms with Gasteiger partial charge in [-0.25, -0.2) is 21.6 Å². The minimum absolute atomic E-state index is 0.0133. The minimum atomic E-state index is -4.21. The molecule has 2 aromatic rings. The molecule has 1 saturated heterocycles. The SMILES string of the molecule is O=C(Nc1ccc(F)c(Cl)c1)C1CCN(S(=O)(=O)c2cc(F)ccc2F)CC1. The lowest BCUT2D eigenvalue weighted by Gasteiger charge is -2.30. The number of sulfonamides is 1. The van der Waals surface area contributed by atoms with Crippen molar-refractivity contribution in [2.75, 3.05) is 18.4 Å². The zero-order valence-electron chi connectivity index (χ0n) is 14.5. The summed E-state index contributed by atoms with van der Waals surface area (Å²) >= 11 is 5.68. The van der Waals surface area contributed by atoms with E-state index >= 15 is 0 Å². The van der Waals surface area contributed by atoms with E-state index in [0.29, 0.717) is 11.8 Å². The van der Waals surface area contributed by atoms with Crippen LogP contribution in [0.2, 0.25) is 5.02 Å². The Hall–Kier alpha value is -2.10. The van der Waals surface area contributed by atoms with Crippen LogP contribution in [0.4, 0.5) is 18.9 Å². The van der Waals surface area contributed by atoms with Gasteiger partial charge in [-0.2, -0.15) is 4.31 Å². The highest BCUT2D eigenvalue weighted by molar-refractivity contribution is 7.89.